The monoisotopic (exact) mass is 250 g/mol. The van der Waals surface area contributed by atoms with Gasteiger partial charge in [0.1, 0.15) is 4.83 Å². The van der Waals surface area contributed by atoms with E-state index in [1.165, 1.54) is 21.4 Å². The number of hydrogen-bond acceptors (Lipinski definition) is 4. The summed E-state index contributed by atoms with van der Waals surface area (Å²) in [5.74, 6) is 0. The third-order valence-corrected chi connectivity index (χ3v) is 4.48. The number of nitrogens with zero attached hydrogens (tertiary/aromatic N) is 2. The zero-order valence-electron chi connectivity index (χ0n) is 9.48. The van der Waals surface area contributed by atoms with E-state index in [9.17, 15) is 4.79 Å². The molecule has 3 rings (SSSR count). The predicted octanol–water partition coefficient (Wildman–Crippen LogP) is 1.33. The molecule has 2 aromatic heterocycles. The Bertz CT molecular complexity index is 615. The summed E-state index contributed by atoms with van der Waals surface area (Å²) in [5.41, 5.74) is 1.21. The van der Waals surface area contributed by atoms with Crippen molar-refractivity contribution >= 4 is 21.6 Å². The van der Waals surface area contributed by atoms with Crippen molar-refractivity contribution in [1.82, 2.24) is 9.55 Å². The summed E-state index contributed by atoms with van der Waals surface area (Å²) in [5, 5.41) is 9.71. The fourth-order valence-corrected chi connectivity index (χ4v) is 3.67. The number of fused-ring (bicyclic) bond motifs is 3. The Kier molecular flexibility index (Phi) is 2.72. The van der Waals surface area contributed by atoms with Crippen molar-refractivity contribution in [2.75, 3.05) is 6.61 Å². The van der Waals surface area contributed by atoms with Gasteiger partial charge in [-0.1, -0.05) is 0 Å². The Morgan fingerprint density at radius 2 is 2.24 bits per heavy atom. The highest BCUT2D eigenvalue weighted by atomic mass is 32.1. The molecule has 17 heavy (non-hydrogen) atoms. The summed E-state index contributed by atoms with van der Waals surface area (Å²) in [7, 11) is 0. The molecule has 90 valence electrons. The highest BCUT2D eigenvalue weighted by Gasteiger charge is 2.19. The third kappa shape index (κ3) is 1.70. The summed E-state index contributed by atoms with van der Waals surface area (Å²) in [6.45, 7) is 0.297. The lowest BCUT2D eigenvalue weighted by Crippen LogP contribution is -2.22. The molecule has 2 heterocycles. The summed E-state index contributed by atoms with van der Waals surface area (Å²) < 4.78 is 1.50. The first kappa shape index (κ1) is 10.9. The van der Waals surface area contributed by atoms with Crippen LogP contribution in [0.4, 0.5) is 0 Å². The minimum atomic E-state index is -0.0284. The molecule has 1 aliphatic rings. The molecular formula is C12H14N2O2S. The Hall–Kier alpha value is -1.20. The maximum absolute atomic E-state index is 12.3. The number of aliphatic hydroxyl groups is 1. The number of aromatic nitrogens is 2. The smallest absolute Gasteiger partial charge is 0.262 e. The second kappa shape index (κ2) is 4.23. The Labute approximate surface area is 103 Å². The Balaban J connectivity index is 2.27. The lowest BCUT2D eigenvalue weighted by molar-refractivity contribution is 0.274. The Morgan fingerprint density at radius 3 is 3.06 bits per heavy atom. The number of rotatable bonds is 2. The standard InChI is InChI=1S/C12H14N2O2S/c15-6-5-14-7-13-11-10(12(14)16)8-3-1-2-4-9(8)17-11/h7,15H,1-6H2. The van der Waals surface area contributed by atoms with Crippen molar-refractivity contribution in [1.29, 1.82) is 0 Å². The molecule has 0 aromatic carbocycles. The van der Waals surface area contributed by atoms with Gasteiger partial charge in [-0.05, 0) is 31.2 Å². The SMILES string of the molecule is O=c1c2c3c(sc2ncn1CCO)CCCC3. The van der Waals surface area contributed by atoms with Gasteiger partial charge in [-0.15, -0.1) is 11.3 Å². The van der Waals surface area contributed by atoms with Gasteiger partial charge in [0.05, 0.1) is 24.9 Å². The van der Waals surface area contributed by atoms with Gasteiger partial charge in [0.2, 0.25) is 0 Å². The Morgan fingerprint density at radius 1 is 1.41 bits per heavy atom. The van der Waals surface area contributed by atoms with E-state index in [4.69, 9.17) is 5.11 Å². The molecule has 0 radical (unpaired) electrons. The average Bonchev–Trinajstić information content (AvgIpc) is 2.72. The van der Waals surface area contributed by atoms with Crippen molar-refractivity contribution in [3.63, 3.8) is 0 Å². The van der Waals surface area contributed by atoms with Crippen molar-refractivity contribution in [3.8, 4) is 0 Å². The van der Waals surface area contributed by atoms with Crippen molar-refractivity contribution in [3.05, 3.63) is 27.1 Å². The van der Waals surface area contributed by atoms with Crippen LogP contribution in [0.15, 0.2) is 11.1 Å². The van der Waals surface area contributed by atoms with E-state index in [0.717, 1.165) is 29.5 Å². The van der Waals surface area contributed by atoms with Crippen LogP contribution in [0, 0.1) is 0 Å². The van der Waals surface area contributed by atoms with Crippen LogP contribution in [0.1, 0.15) is 23.3 Å². The quantitative estimate of drug-likeness (QED) is 0.874. The number of hydrogen-bond donors (Lipinski definition) is 1. The topological polar surface area (TPSA) is 55.1 Å². The van der Waals surface area contributed by atoms with E-state index < -0.39 is 0 Å². The molecule has 0 spiro atoms. The van der Waals surface area contributed by atoms with Gasteiger partial charge in [-0.25, -0.2) is 4.98 Å². The third-order valence-electron chi connectivity index (χ3n) is 3.28. The largest absolute Gasteiger partial charge is 0.395 e. The molecule has 0 bridgehead atoms. The van der Waals surface area contributed by atoms with Crippen molar-refractivity contribution in [2.45, 2.75) is 32.2 Å². The molecule has 0 atom stereocenters. The maximum atomic E-state index is 12.3. The summed E-state index contributed by atoms with van der Waals surface area (Å²) >= 11 is 1.65. The van der Waals surface area contributed by atoms with Crippen LogP contribution >= 0.6 is 11.3 Å². The summed E-state index contributed by atoms with van der Waals surface area (Å²) in [6, 6.07) is 0. The van der Waals surface area contributed by atoms with Crippen LogP contribution < -0.4 is 5.56 Å². The first-order chi connectivity index (χ1) is 8.31. The fourth-order valence-electron chi connectivity index (χ4n) is 2.45. The first-order valence-electron chi connectivity index (χ1n) is 5.92. The molecular weight excluding hydrogens is 236 g/mol. The van der Waals surface area contributed by atoms with Gasteiger partial charge < -0.3 is 5.11 Å². The normalized spacial score (nSPS) is 15.1. The fraction of sp³-hybridized carbons (Fsp3) is 0.500. The molecule has 0 fully saturated rings. The van der Waals surface area contributed by atoms with Gasteiger partial charge in [-0.3, -0.25) is 9.36 Å². The predicted molar refractivity (Wildman–Crippen MR) is 67.6 cm³/mol. The van der Waals surface area contributed by atoms with Gasteiger partial charge in [0, 0.05) is 4.88 Å². The van der Waals surface area contributed by atoms with E-state index in [1.807, 2.05) is 0 Å². The first-order valence-corrected chi connectivity index (χ1v) is 6.73. The van der Waals surface area contributed by atoms with Crippen LogP contribution in [0.5, 0.6) is 0 Å². The van der Waals surface area contributed by atoms with Crippen molar-refractivity contribution < 1.29 is 5.11 Å². The molecule has 0 unspecified atom stereocenters. The average molecular weight is 250 g/mol. The van der Waals surface area contributed by atoms with Crippen LogP contribution in [0.3, 0.4) is 0 Å². The minimum Gasteiger partial charge on any atom is -0.395 e. The summed E-state index contributed by atoms with van der Waals surface area (Å²) in [4.78, 5) is 18.8. The number of aryl methyl sites for hydroxylation is 2. The van der Waals surface area contributed by atoms with E-state index in [-0.39, 0.29) is 12.2 Å². The molecule has 0 saturated heterocycles. The molecule has 1 aliphatic carbocycles. The lowest BCUT2D eigenvalue weighted by Gasteiger charge is -2.10. The molecule has 5 heteroatoms. The van der Waals surface area contributed by atoms with Crippen LogP contribution in [-0.4, -0.2) is 21.3 Å². The minimum absolute atomic E-state index is 0.00319. The van der Waals surface area contributed by atoms with E-state index in [0.29, 0.717) is 6.54 Å². The summed E-state index contributed by atoms with van der Waals surface area (Å²) in [6.07, 6.45) is 5.99. The van der Waals surface area contributed by atoms with Gasteiger partial charge in [0.15, 0.2) is 0 Å². The zero-order chi connectivity index (χ0) is 11.8. The van der Waals surface area contributed by atoms with E-state index >= 15 is 0 Å². The highest BCUT2D eigenvalue weighted by molar-refractivity contribution is 7.18. The van der Waals surface area contributed by atoms with E-state index in [1.54, 1.807) is 17.7 Å². The molecule has 4 nitrogen and oxygen atoms in total. The van der Waals surface area contributed by atoms with Crippen LogP contribution in [0.2, 0.25) is 0 Å². The van der Waals surface area contributed by atoms with Gasteiger partial charge in [0.25, 0.3) is 5.56 Å². The van der Waals surface area contributed by atoms with Crippen LogP contribution in [-0.2, 0) is 19.4 Å². The molecule has 0 aliphatic heterocycles. The van der Waals surface area contributed by atoms with Gasteiger partial charge in [-0.2, -0.15) is 0 Å². The van der Waals surface area contributed by atoms with E-state index in [2.05, 4.69) is 4.98 Å². The second-order valence-corrected chi connectivity index (χ2v) is 5.44. The maximum Gasteiger partial charge on any atom is 0.262 e. The lowest BCUT2D eigenvalue weighted by atomic mass is 9.97. The van der Waals surface area contributed by atoms with Gasteiger partial charge >= 0.3 is 0 Å². The van der Waals surface area contributed by atoms with Crippen LogP contribution in [0.25, 0.3) is 10.2 Å². The second-order valence-electron chi connectivity index (χ2n) is 4.36. The molecule has 1 N–H and O–H groups in total. The molecule has 2 aromatic rings. The zero-order valence-corrected chi connectivity index (χ0v) is 10.3. The molecule has 0 saturated carbocycles. The number of aliphatic hydroxyl groups excluding tert-OH is 1. The molecule has 0 amide bonds. The van der Waals surface area contributed by atoms with Crippen molar-refractivity contribution in [2.24, 2.45) is 0 Å². The highest BCUT2D eigenvalue weighted by Crippen LogP contribution is 2.33. The number of thiophene rings is 1.